The summed E-state index contributed by atoms with van der Waals surface area (Å²) in [5.41, 5.74) is 1.48. The molecular weight excluding hydrogens is 478 g/mol. The molecule has 0 unspecified atom stereocenters. The van der Waals surface area contributed by atoms with Crippen LogP contribution in [0.1, 0.15) is 11.1 Å². The minimum absolute atomic E-state index is 0.00788. The fourth-order valence-electron chi connectivity index (χ4n) is 2.74. The number of rotatable bonds is 8. The third kappa shape index (κ3) is 6.35. The number of hydrogen-bond acceptors (Lipinski definition) is 4. The van der Waals surface area contributed by atoms with E-state index in [9.17, 15) is 17.6 Å². The monoisotopic (exact) mass is 496 g/mol. The summed E-state index contributed by atoms with van der Waals surface area (Å²) >= 11 is 11.9. The molecule has 0 aromatic heterocycles. The minimum atomic E-state index is -3.87. The summed E-state index contributed by atoms with van der Waals surface area (Å²) in [6.07, 6.45) is 0. The highest BCUT2D eigenvalue weighted by atomic mass is 35.5. The van der Waals surface area contributed by atoms with E-state index >= 15 is 0 Å². The van der Waals surface area contributed by atoms with Crippen LogP contribution < -0.4 is 14.8 Å². The molecule has 3 aromatic carbocycles. The van der Waals surface area contributed by atoms with Crippen LogP contribution in [0.3, 0.4) is 0 Å². The van der Waals surface area contributed by atoms with Crippen LogP contribution in [-0.2, 0) is 21.4 Å². The number of benzene rings is 3. The molecule has 1 amide bonds. The molecule has 0 aliphatic heterocycles. The van der Waals surface area contributed by atoms with E-state index in [4.69, 9.17) is 27.9 Å². The van der Waals surface area contributed by atoms with Gasteiger partial charge in [-0.3, -0.25) is 9.52 Å². The Labute approximate surface area is 195 Å². The Kier molecular flexibility index (Phi) is 7.60. The van der Waals surface area contributed by atoms with E-state index in [1.165, 1.54) is 30.3 Å². The van der Waals surface area contributed by atoms with Crippen molar-refractivity contribution >= 4 is 44.8 Å². The van der Waals surface area contributed by atoms with E-state index in [0.717, 1.165) is 12.1 Å². The van der Waals surface area contributed by atoms with Crippen LogP contribution in [0, 0.1) is 12.7 Å². The van der Waals surface area contributed by atoms with Crippen molar-refractivity contribution in [2.45, 2.75) is 18.4 Å². The largest absolute Gasteiger partial charge is 0.484 e. The number of carbonyl (C=O) groups is 1. The van der Waals surface area contributed by atoms with Gasteiger partial charge in [-0.2, -0.15) is 0 Å². The van der Waals surface area contributed by atoms with E-state index in [0.29, 0.717) is 26.9 Å². The Balaban J connectivity index is 1.58. The minimum Gasteiger partial charge on any atom is -0.484 e. The summed E-state index contributed by atoms with van der Waals surface area (Å²) < 4.78 is 46.0. The first-order valence-electron chi connectivity index (χ1n) is 9.36. The number of anilines is 1. The van der Waals surface area contributed by atoms with Gasteiger partial charge in [0.15, 0.2) is 6.61 Å². The highest BCUT2D eigenvalue weighted by Crippen LogP contribution is 2.24. The Hall–Kier alpha value is -2.81. The maximum Gasteiger partial charge on any atom is 0.261 e. The molecule has 0 spiro atoms. The third-order valence-electron chi connectivity index (χ3n) is 4.40. The molecule has 32 heavy (non-hydrogen) atoms. The van der Waals surface area contributed by atoms with Crippen LogP contribution in [0.25, 0.3) is 0 Å². The molecule has 10 heteroatoms. The molecular formula is C22H19Cl2FN2O4S. The summed E-state index contributed by atoms with van der Waals surface area (Å²) in [6.45, 7) is 1.62. The van der Waals surface area contributed by atoms with E-state index in [2.05, 4.69) is 10.0 Å². The van der Waals surface area contributed by atoms with Gasteiger partial charge in [0, 0.05) is 22.3 Å². The van der Waals surface area contributed by atoms with Crippen LogP contribution in [0.2, 0.25) is 10.0 Å². The second-order valence-electron chi connectivity index (χ2n) is 6.84. The van der Waals surface area contributed by atoms with Gasteiger partial charge in [0.25, 0.3) is 15.9 Å². The number of aryl methyl sites for hydroxylation is 1. The van der Waals surface area contributed by atoms with Crippen LogP contribution in [0.4, 0.5) is 10.1 Å². The Morgan fingerprint density at radius 2 is 1.75 bits per heavy atom. The molecule has 0 fully saturated rings. The zero-order valence-electron chi connectivity index (χ0n) is 16.9. The molecule has 3 rings (SSSR count). The van der Waals surface area contributed by atoms with Crippen molar-refractivity contribution in [3.8, 4) is 5.75 Å². The van der Waals surface area contributed by atoms with Crippen molar-refractivity contribution in [3.05, 3.63) is 87.7 Å². The maximum atomic E-state index is 13.0. The predicted molar refractivity (Wildman–Crippen MR) is 122 cm³/mol. The van der Waals surface area contributed by atoms with Crippen LogP contribution >= 0.6 is 23.2 Å². The Bertz CT molecular complexity index is 1240. The maximum absolute atomic E-state index is 13.0. The smallest absolute Gasteiger partial charge is 0.261 e. The predicted octanol–water partition coefficient (Wildman–Crippen LogP) is 4.94. The van der Waals surface area contributed by atoms with E-state index in [1.54, 1.807) is 25.1 Å². The molecule has 168 valence electrons. The number of sulfonamides is 1. The molecule has 0 saturated heterocycles. The number of nitrogens with one attached hydrogen (secondary N) is 2. The number of carbonyl (C=O) groups excluding carboxylic acids is 1. The zero-order valence-corrected chi connectivity index (χ0v) is 19.2. The molecule has 0 aliphatic carbocycles. The molecule has 2 N–H and O–H groups in total. The quantitative estimate of drug-likeness (QED) is 0.462. The van der Waals surface area contributed by atoms with Gasteiger partial charge in [0.1, 0.15) is 11.6 Å². The van der Waals surface area contributed by atoms with Crippen LogP contribution in [0.5, 0.6) is 5.75 Å². The summed E-state index contributed by atoms with van der Waals surface area (Å²) in [5, 5.41) is 3.64. The standard InChI is InChI=1S/C22H19Cl2FN2O4S/c1-14-10-19(32(29,30)27-18-6-4-17(25)5-7-18)8-9-21(14)31-13-22(28)26-12-15-2-3-16(23)11-20(15)24/h2-11,27H,12-13H2,1H3,(H,26,28). The second-order valence-corrected chi connectivity index (χ2v) is 9.37. The SMILES string of the molecule is Cc1cc(S(=O)(=O)Nc2ccc(F)cc2)ccc1OCC(=O)NCc1ccc(Cl)cc1Cl. The summed E-state index contributed by atoms with van der Waals surface area (Å²) in [4.78, 5) is 12.1. The van der Waals surface area contributed by atoms with Crippen molar-refractivity contribution in [2.75, 3.05) is 11.3 Å². The molecule has 0 bridgehead atoms. The van der Waals surface area contributed by atoms with E-state index < -0.39 is 15.8 Å². The first-order valence-corrected chi connectivity index (χ1v) is 11.6. The van der Waals surface area contributed by atoms with Gasteiger partial charge in [0.2, 0.25) is 0 Å². The lowest BCUT2D eigenvalue weighted by Crippen LogP contribution is -2.28. The second kappa shape index (κ2) is 10.2. The van der Waals surface area contributed by atoms with Crippen molar-refractivity contribution in [1.29, 1.82) is 0 Å². The van der Waals surface area contributed by atoms with Crippen molar-refractivity contribution in [2.24, 2.45) is 0 Å². The molecule has 0 saturated carbocycles. The van der Waals surface area contributed by atoms with Crippen molar-refractivity contribution in [1.82, 2.24) is 5.32 Å². The highest BCUT2D eigenvalue weighted by Gasteiger charge is 2.16. The molecule has 6 nitrogen and oxygen atoms in total. The summed E-state index contributed by atoms with van der Waals surface area (Å²) in [7, 11) is -3.87. The van der Waals surface area contributed by atoms with Gasteiger partial charge in [-0.15, -0.1) is 0 Å². The van der Waals surface area contributed by atoms with Crippen molar-refractivity contribution < 1.29 is 22.3 Å². The Morgan fingerprint density at radius 3 is 2.41 bits per heavy atom. The lowest BCUT2D eigenvalue weighted by atomic mass is 10.2. The van der Waals surface area contributed by atoms with Gasteiger partial charge >= 0.3 is 0 Å². The van der Waals surface area contributed by atoms with Gasteiger partial charge in [0.05, 0.1) is 4.90 Å². The fraction of sp³-hybridized carbons (Fsp3) is 0.136. The average Bonchev–Trinajstić information content (AvgIpc) is 2.73. The van der Waals surface area contributed by atoms with Gasteiger partial charge in [-0.1, -0.05) is 29.3 Å². The fourth-order valence-corrected chi connectivity index (χ4v) is 4.35. The molecule has 3 aromatic rings. The number of hydrogen-bond donors (Lipinski definition) is 2. The zero-order chi connectivity index (χ0) is 23.3. The highest BCUT2D eigenvalue weighted by molar-refractivity contribution is 7.92. The third-order valence-corrected chi connectivity index (χ3v) is 6.37. The number of amides is 1. The van der Waals surface area contributed by atoms with E-state index in [1.807, 2.05) is 0 Å². The topological polar surface area (TPSA) is 84.5 Å². The molecule has 0 atom stereocenters. The first-order chi connectivity index (χ1) is 15.1. The van der Waals surface area contributed by atoms with E-state index in [-0.39, 0.29) is 29.6 Å². The number of halogens is 3. The average molecular weight is 497 g/mol. The normalized spacial score (nSPS) is 11.1. The molecule has 0 heterocycles. The van der Waals surface area contributed by atoms with Crippen molar-refractivity contribution in [3.63, 3.8) is 0 Å². The summed E-state index contributed by atoms with van der Waals surface area (Å²) in [5.74, 6) is -0.471. The lowest BCUT2D eigenvalue weighted by molar-refractivity contribution is -0.123. The van der Waals surface area contributed by atoms with Gasteiger partial charge in [-0.25, -0.2) is 12.8 Å². The molecule has 0 aliphatic rings. The lowest BCUT2D eigenvalue weighted by Gasteiger charge is -2.13. The van der Waals surface area contributed by atoms with Crippen LogP contribution in [0.15, 0.2) is 65.6 Å². The first kappa shape index (κ1) is 23.8. The Morgan fingerprint density at radius 1 is 1.03 bits per heavy atom. The molecule has 0 radical (unpaired) electrons. The van der Waals surface area contributed by atoms with Gasteiger partial charge < -0.3 is 10.1 Å². The number of ether oxygens (including phenoxy) is 1. The van der Waals surface area contributed by atoms with Gasteiger partial charge in [-0.05, 0) is 72.6 Å². The van der Waals surface area contributed by atoms with Crippen LogP contribution in [-0.4, -0.2) is 20.9 Å². The summed E-state index contributed by atoms with van der Waals surface area (Å²) in [6, 6.07) is 14.2.